The third kappa shape index (κ3) is 3.27. The predicted molar refractivity (Wildman–Crippen MR) is 73.9 cm³/mol. The van der Waals surface area contributed by atoms with Gasteiger partial charge < -0.3 is 9.67 Å². The van der Waals surface area contributed by atoms with Gasteiger partial charge in [-0.25, -0.2) is 0 Å². The summed E-state index contributed by atoms with van der Waals surface area (Å²) >= 11 is 1.03. The molecule has 8 heteroatoms. The van der Waals surface area contributed by atoms with Crippen molar-refractivity contribution in [2.45, 2.75) is 18.6 Å². The van der Waals surface area contributed by atoms with Gasteiger partial charge in [0.25, 0.3) is 5.56 Å². The van der Waals surface area contributed by atoms with Crippen LogP contribution in [0.3, 0.4) is 0 Å². The maximum atomic E-state index is 11.3. The predicted octanol–water partition coefficient (Wildman–Crippen LogP) is 0.510. The highest BCUT2D eigenvalue weighted by atomic mass is 32.2. The summed E-state index contributed by atoms with van der Waals surface area (Å²) in [4.78, 5) is 25.8. The lowest BCUT2D eigenvalue weighted by Gasteiger charge is -2.10. The van der Waals surface area contributed by atoms with Crippen LogP contribution >= 0.6 is 11.8 Å². The molecule has 0 radical (unpaired) electrons. The number of thioether (sulfide) groups is 1. The molecule has 0 aliphatic heterocycles. The van der Waals surface area contributed by atoms with E-state index >= 15 is 0 Å². The van der Waals surface area contributed by atoms with Gasteiger partial charge in [0.15, 0.2) is 5.16 Å². The van der Waals surface area contributed by atoms with Crippen LogP contribution < -0.4 is 5.56 Å². The molecular formula is C12H14N4O3S. The Kier molecular flexibility index (Phi) is 4.23. The Hall–Kier alpha value is -2.09. The van der Waals surface area contributed by atoms with E-state index in [4.69, 9.17) is 5.11 Å². The lowest BCUT2D eigenvalue weighted by atomic mass is 10.2. The molecule has 0 saturated carbocycles. The molecule has 0 bridgehead atoms. The fraction of sp³-hybridized carbons (Fsp3) is 0.333. The molecule has 1 N–H and O–H groups in total. The van der Waals surface area contributed by atoms with Crippen LogP contribution in [0.4, 0.5) is 0 Å². The normalized spacial score (nSPS) is 10.7. The van der Waals surface area contributed by atoms with Gasteiger partial charge in [-0.15, -0.1) is 0 Å². The zero-order valence-electron chi connectivity index (χ0n) is 11.1. The second kappa shape index (κ2) is 5.91. The van der Waals surface area contributed by atoms with Crippen molar-refractivity contribution in [3.63, 3.8) is 0 Å². The summed E-state index contributed by atoms with van der Waals surface area (Å²) in [7, 11) is 1.85. The first-order valence-electron chi connectivity index (χ1n) is 5.87. The number of aromatic nitrogens is 4. The van der Waals surface area contributed by atoms with Crippen molar-refractivity contribution >= 4 is 17.7 Å². The SMILES string of the molecule is Cc1c(Cn2ccc(=O)nc2SCC(=O)O)cnn1C. The van der Waals surface area contributed by atoms with Crippen molar-refractivity contribution in [3.8, 4) is 0 Å². The molecule has 0 fully saturated rings. The Morgan fingerprint density at radius 3 is 2.85 bits per heavy atom. The van der Waals surface area contributed by atoms with E-state index in [2.05, 4.69) is 10.1 Å². The second-order valence-corrected chi connectivity index (χ2v) is 5.18. The number of hydrogen-bond acceptors (Lipinski definition) is 5. The molecule has 20 heavy (non-hydrogen) atoms. The molecule has 0 aliphatic carbocycles. The van der Waals surface area contributed by atoms with Gasteiger partial charge in [0.2, 0.25) is 0 Å². The summed E-state index contributed by atoms with van der Waals surface area (Å²) in [6.07, 6.45) is 3.37. The van der Waals surface area contributed by atoms with Crippen molar-refractivity contribution in [1.82, 2.24) is 19.3 Å². The standard InChI is InChI=1S/C12H14N4O3S/c1-8-9(5-13-15(8)2)6-16-4-3-10(17)14-12(16)20-7-11(18)19/h3-5H,6-7H2,1-2H3,(H,18,19). The average molecular weight is 294 g/mol. The Morgan fingerprint density at radius 1 is 1.50 bits per heavy atom. The summed E-state index contributed by atoms with van der Waals surface area (Å²) in [5.74, 6) is -1.08. The van der Waals surface area contributed by atoms with Crippen molar-refractivity contribution in [3.05, 3.63) is 40.1 Å². The average Bonchev–Trinajstić information content (AvgIpc) is 2.71. The van der Waals surface area contributed by atoms with Crippen LogP contribution in [0.1, 0.15) is 11.3 Å². The van der Waals surface area contributed by atoms with Crippen LogP contribution in [0.2, 0.25) is 0 Å². The minimum atomic E-state index is -0.947. The molecule has 0 spiro atoms. The van der Waals surface area contributed by atoms with Gasteiger partial charge in [-0.1, -0.05) is 11.8 Å². The summed E-state index contributed by atoms with van der Waals surface area (Å²) in [6.45, 7) is 2.44. The van der Waals surface area contributed by atoms with Crippen molar-refractivity contribution in [2.75, 3.05) is 5.75 Å². The Balaban J connectivity index is 2.28. The molecule has 0 amide bonds. The first-order valence-corrected chi connectivity index (χ1v) is 6.85. The fourth-order valence-corrected chi connectivity index (χ4v) is 2.36. The minimum Gasteiger partial charge on any atom is -0.481 e. The van der Waals surface area contributed by atoms with E-state index in [9.17, 15) is 9.59 Å². The highest BCUT2D eigenvalue weighted by Gasteiger charge is 2.10. The van der Waals surface area contributed by atoms with Gasteiger partial charge in [0.1, 0.15) is 0 Å². The van der Waals surface area contributed by atoms with E-state index in [-0.39, 0.29) is 11.3 Å². The number of carbonyl (C=O) groups is 1. The van der Waals surface area contributed by atoms with Gasteiger partial charge in [0, 0.05) is 30.6 Å². The van der Waals surface area contributed by atoms with Crippen LogP contribution in [0.25, 0.3) is 0 Å². The van der Waals surface area contributed by atoms with Crippen LogP contribution in [0.15, 0.2) is 28.4 Å². The van der Waals surface area contributed by atoms with Crippen LogP contribution in [0, 0.1) is 6.92 Å². The van der Waals surface area contributed by atoms with Gasteiger partial charge in [0.05, 0.1) is 18.5 Å². The molecule has 0 aromatic carbocycles. The van der Waals surface area contributed by atoms with Crippen molar-refractivity contribution in [2.24, 2.45) is 7.05 Å². The molecule has 2 aromatic heterocycles. The maximum absolute atomic E-state index is 11.3. The first-order chi connectivity index (χ1) is 9.47. The molecule has 0 atom stereocenters. The molecule has 2 heterocycles. The van der Waals surface area contributed by atoms with Crippen LogP contribution in [0.5, 0.6) is 0 Å². The summed E-state index contributed by atoms with van der Waals surface area (Å²) in [5.41, 5.74) is 1.63. The Bertz CT molecular complexity index is 692. The first kappa shape index (κ1) is 14.3. The molecule has 7 nitrogen and oxygen atoms in total. The Morgan fingerprint density at radius 2 is 2.25 bits per heavy atom. The van der Waals surface area contributed by atoms with E-state index in [1.807, 2.05) is 14.0 Å². The molecule has 0 saturated heterocycles. The van der Waals surface area contributed by atoms with E-state index in [0.29, 0.717) is 11.7 Å². The number of carboxylic acids is 1. The van der Waals surface area contributed by atoms with Gasteiger partial charge in [-0.3, -0.25) is 14.3 Å². The number of aryl methyl sites for hydroxylation is 1. The minimum absolute atomic E-state index is 0.136. The highest BCUT2D eigenvalue weighted by Crippen LogP contribution is 2.16. The summed E-state index contributed by atoms with van der Waals surface area (Å²) < 4.78 is 3.51. The lowest BCUT2D eigenvalue weighted by molar-refractivity contribution is -0.133. The fourth-order valence-electron chi connectivity index (χ4n) is 1.66. The summed E-state index contributed by atoms with van der Waals surface area (Å²) in [5, 5.41) is 13.3. The number of aliphatic carboxylic acids is 1. The Labute approximate surface area is 119 Å². The second-order valence-electron chi connectivity index (χ2n) is 4.24. The van der Waals surface area contributed by atoms with E-state index in [1.54, 1.807) is 21.6 Å². The zero-order valence-corrected chi connectivity index (χ0v) is 11.9. The monoisotopic (exact) mass is 294 g/mol. The molecule has 0 unspecified atom stereocenters. The van der Waals surface area contributed by atoms with E-state index in [1.165, 1.54) is 6.07 Å². The number of hydrogen-bond donors (Lipinski definition) is 1. The van der Waals surface area contributed by atoms with Gasteiger partial charge in [-0.2, -0.15) is 10.1 Å². The summed E-state index contributed by atoms with van der Waals surface area (Å²) in [6, 6.07) is 1.36. The third-order valence-electron chi connectivity index (χ3n) is 2.85. The van der Waals surface area contributed by atoms with Crippen LogP contribution in [-0.4, -0.2) is 36.2 Å². The molecule has 106 valence electrons. The maximum Gasteiger partial charge on any atom is 0.313 e. The van der Waals surface area contributed by atoms with Gasteiger partial charge in [-0.05, 0) is 6.92 Å². The highest BCUT2D eigenvalue weighted by molar-refractivity contribution is 7.99. The van der Waals surface area contributed by atoms with E-state index in [0.717, 1.165) is 23.0 Å². The number of rotatable bonds is 5. The lowest BCUT2D eigenvalue weighted by Crippen LogP contribution is -2.15. The van der Waals surface area contributed by atoms with Gasteiger partial charge >= 0.3 is 5.97 Å². The smallest absolute Gasteiger partial charge is 0.313 e. The van der Waals surface area contributed by atoms with Crippen LogP contribution in [-0.2, 0) is 18.4 Å². The number of carboxylic acid groups (broad SMARTS) is 1. The topological polar surface area (TPSA) is 90.0 Å². The third-order valence-corrected chi connectivity index (χ3v) is 3.83. The number of nitrogens with zero attached hydrogens (tertiary/aromatic N) is 4. The molecule has 2 aromatic rings. The largest absolute Gasteiger partial charge is 0.481 e. The zero-order chi connectivity index (χ0) is 14.7. The molecule has 2 rings (SSSR count). The van der Waals surface area contributed by atoms with Crippen molar-refractivity contribution < 1.29 is 9.90 Å². The molecule has 0 aliphatic rings. The quantitative estimate of drug-likeness (QED) is 0.638. The van der Waals surface area contributed by atoms with E-state index < -0.39 is 5.97 Å². The van der Waals surface area contributed by atoms with Crippen molar-refractivity contribution in [1.29, 1.82) is 0 Å². The molecular weight excluding hydrogens is 280 g/mol.